The van der Waals surface area contributed by atoms with Gasteiger partial charge in [0, 0.05) is 43.6 Å². The van der Waals surface area contributed by atoms with E-state index in [2.05, 4.69) is 55.6 Å². The van der Waals surface area contributed by atoms with Crippen molar-refractivity contribution in [2.45, 2.75) is 33.5 Å². The van der Waals surface area contributed by atoms with E-state index < -0.39 is 0 Å². The van der Waals surface area contributed by atoms with Crippen LogP contribution >= 0.6 is 0 Å². The third kappa shape index (κ3) is 3.09. The first-order valence-electron chi connectivity index (χ1n) is 7.58. The maximum absolute atomic E-state index is 4.37. The molecule has 0 amide bonds. The smallest absolute Gasteiger partial charge is 0.122 e. The van der Waals surface area contributed by atoms with E-state index in [-0.39, 0.29) is 0 Å². The average Bonchev–Trinajstić information content (AvgIpc) is 3.16. The molecule has 0 aliphatic rings. The van der Waals surface area contributed by atoms with Gasteiger partial charge >= 0.3 is 0 Å². The van der Waals surface area contributed by atoms with Gasteiger partial charge in [0.2, 0.25) is 0 Å². The van der Waals surface area contributed by atoms with Crippen molar-refractivity contribution >= 4 is 0 Å². The molecule has 0 radical (unpaired) electrons. The van der Waals surface area contributed by atoms with Crippen LogP contribution in [0.25, 0.3) is 5.69 Å². The Morgan fingerprint density at radius 1 is 1.00 bits per heavy atom. The molecule has 2 heterocycles. The highest BCUT2D eigenvalue weighted by molar-refractivity contribution is 5.35. The Morgan fingerprint density at radius 2 is 1.77 bits per heavy atom. The van der Waals surface area contributed by atoms with E-state index in [0.717, 1.165) is 37.0 Å². The van der Waals surface area contributed by atoms with Gasteiger partial charge in [-0.05, 0) is 31.5 Å². The molecule has 0 fully saturated rings. The van der Waals surface area contributed by atoms with Crippen LogP contribution in [0.4, 0.5) is 0 Å². The van der Waals surface area contributed by atoms with Gasteiger partial charge in [-0.2, -0.15) is 0 Å². The van der Waals surface area contributed by atoms with Crippen molar-refractivity contribution in [3.63, 3.8) is 0 Å². The van der Waals surface area contributed by atoms with E-state index in [1.807, 2.05) is 31.7 Å². The van der Waals surface area contributed by atoms with Crippen LogP contribution in [0.2, 0.25) is 0 Å². The summed E-state index contributed by atoms with van der Waals surface area (Å²) in [5, 5.41) is 3.44. The Hall–Kier alpha value is -2.40. The van der Waals surface area contributed by atoms with E-state index in [1.54, 1.807) is 0 Å². The van der Waals surface area contributed by atoms with Crippen LogP contribution in [0.3, 0.4) is 0 Å². The summed E-state index contributed by atoms with van der Waals surface area (Å²) in [7, 11) is 0. The Kier molecular flexibility index (Phi) is 4.34. The number of nitrogens with zero attached hydrogens (tertiary/aromatic N) is 4. The second kappa shape index (κ2) is 6.58. The number of hydrogen-bond donors (Lipinski definition) is 1. The molecule has 2 aromatic heterocycles. The summed E-state index contributed by atoms with van der Waals surface area (Å²) < 4.78 is 4.23. The number of aromatic nitrogens is 4. The van der Waals surface area contributed by atoms with Crippen LogP contribution in [0.15, 0.2) is 49.1 Å². The topological polar surface area (TPSA) is 47.7 Å². The second-order valence-electron chi connectivity index (χ2n) is 5.24. The molecule has 1 aromatic carbocycles. The summed E-state index contributed by atoms with van der Waals surface area (Å²) >= 11 is 0. The van der Waals surface area contributed by atoms with Gasteiger partial charge in [0.05, 0.1) is 6.54 Å². The molecule has 0 bridgehead atoms. The van der Waals surface area contributed by atoms with Crippen molar-refractivity contribution in [1.29, 1.82) is 0 Å². The van der Waals surface area contributed by atoms with Gasteiger partial charge in [-0.1, -0.05) is 12.1 Å². The monoisotopic (exact) mass is 295 g/mol. The number of rotatable bonds is 6. The number of aryl methyl sites for hydroxylation is 2. The highest BCUT2D eigenvalue weighted by Crippen LogP contribution is 2.11. The lowest BCUT2D eigenvalue weighted by molar-refractivity contribution is 0.613. The molecule has 0 aliphatic carbocycles. The Balaban J connectivity index is 1.59. The second-order valence-corrected chi connectivity index (χ2v) is 5.24. The third-order valence-corrected chi connectivity index (χ3v) is 3.79. The van der Waals surface area contributed by atoms with Gasteiger partial charge < -0.3 is 14.5 Å². The fourth-order valence-electron chi connectivity index (χ4n) is 2.54. The lowest BCUT2D eigenvalue weighted by atomic mass is 10.2. The fraction of sp³-hybridized carbons (Fsp3) is 0.294. The van der Waals surface area contributed by atoms with Crippen LogP contribution in [0.5, 0.6) is 0 Å². The predicted molar refractivity (Wildman–Crippen MR) is 86.7 cm³/mol. The highest BCUT2D eigenvalue weighted by Gasteiger charge is 2.02. The van der Waals surface area contributed by atoms with Crippen molar-refractivity contribution in [2.24, 2.45) is 0 Å². The standard InChI is InChI=1S/C17H21N5/c1-3-21-10-8-20-17(21)13-18-12-15-4-6-16(7-5-15)22-11-9-19-14(22)2/h4-11,18H,3,12-13H2,1-2H3. The minimum absolute atomic E-state index is 0.781. The molecule has 3 rings (SSSR count). The van der Waals surface area contributed by atoms with Crippen LogP contribution < -0.4 is 5.32 Å². The largest absolute Gasteiger partial charge is 0.334 e. The SMILES string of the molecule is CCn1ccnc1CNCc1ccc(-n2ccnc2C)cc1. The minimum atomic E-state index is 0.781. The molecule has 22 heavy (non-hydrogen) atoms. The summed E-state index contributed by atoms with van der Waals surface area (Å²) in [4.78, 5) is 8.62. The lowest BCUT2D eigenvalue weighted by Gasteiger charge is -2.09. The van der Waals surface area contributed by atoms with Crippen LogP contribution in [0, 0.1) is 6.92 Å². The third-order valence-electron chi connectivity index (χ3n) is 3.79. The van der Waals surface area contributed by atoms with Crippen molar-refractivity contribution in [1.82, 2.24) is 24.4 Å². The first-order valence-corrected chi connectivity index (χ1v) is 7.58. The number of hydrogen-bond acceptors (Lipinski definition) is 3. The number of nitrogens with one attached hydrogen (secondary N) is 1. The van der Waals surface area contributed by atoms with E-state index in [1.165, 1.54) is 5.56 Å². The first kappa shape index (κ1) is 14.5. The molecule has 5 heteroatoms. The molecule has 0 saturated carbocycles. The van der Waals surface area contributed by atoms with Gasteiger partial charge in [0.25, 0.3) is 0 Å². The zero-order valence-electron chi connectivity index (χ0n) is 13.0. The molecule has 0 unspecified atom stereocenters. The molecule has 0 atom stereocenters. The van der Waals surface area contributed by atoms with E-state index in [9.17, 15) is 0 Å². The maximum atomic E-state index is 4.37. The van der Waals surface area contributed by atoms with Crippen LogP contribution in [-0.4, -0.2) is 19.1 Å². The van der Waals surface area contributed by atoms with Crippen molar-refractivity contribution in [2.75, 3.05) is 0 Å². The van der Waals surface area contributed by atoms with Gasteiger partial charge in [0.1, 0.15) is 11.6 Å². The van der Waals surface area contributed by atoms with Gasteiger partial charge in [-0.3, -0.25) is 0 Å². The quantitative estimate of drug-likeness (QED) is 0.760. The Morgan fingerprint density at radius 3 is 2.45 bits per heavy atom. The predicted octanol–water partition coefficient (Wildman–Crippen LogP) is 2.69. The number of imidazole rings is 2. The fourth-order valence-corrected chi connectivity index (χ4v) is 2.54. The molecule has 1 N–H and O–H groups in total. The van der Waals surface area contributed by atoms with Gasteiger partial charge in [-0.15, -0.1) is 0 Å². The zero-order chi connectivity index (χ0) is 15.4. The summed E-state index contributed by atoms with van der Waals surface area (Å²) in [6.45, 7) is 6.70. The summed E-state index contributed by atoms with van der Waals surface area (Å²) in [6.07, 6.45) is 7.66. The van der Waals surface area contributed by atoms with E-state index in [4.69, 9.17) is 0 Å². The Labute approximate surface area is 130 Å². The average molecular weight is 295 g/mol. The number of benzene rings is 1. The van der Waals surface area contributed by atoms with E-state index in [0.29, 0.717) is 0 Å². The van der Waals surface area contributed by atoms with Crippen LogP contribution in [-0.2, 0) is 19.6 Å². The molecule has 5 nitrogen and oxygen atoms in total. The molecule has 0 aliphatic heterocycles. The Bertz CT molecular complexity index is 724. The van der Waals surface area contributed by atoms with Gasteiger partial charge in [-0.25, -0.2) is 9.97 Å². The molecule has 0 spiro atoms. The van der Waals surface area contributed by atoms with Crippen LogP contribution in [0.1, 0.15) is 24.1 Å². The lowest BCUT2D eigenvalue weighted by Crippen LogP contribution is -2.16. The highest BCUT2D eigenvalue weighted by atomic mass is 15.1. The minimum Gasteiger partial charge on any atom is -0.334 e. The molecule has 3 aromatic rings. The molecular weight excluding hydrogens is 274 g/mol. The molecule has 114 valence electrons. The van der Waals surface area contributed by atoms with Crippen molar-refractivity contribution < 1.29 is 0 Å². The maximum Gasteiger partial charge on any atom is 0.122 e. The van der Waals surface area contributed by atoms with Crippen molar-refractivity contribution in [3.8, 4) is 5.69 Å². The summed E-state index contributed by atoms with van der Waals surface area (Å²) in [6, 6.07) is 8.54. The zero-order valence-corrected chi connectivity index (χ0v) is 13.0. The van der Waals surface area contributed by atoms with E-state index >= 15 is 0 Å². The molecular formula is C17H21N5. The van der Waals surface area contributed by atoms with Gasteiger partial charge in [0.15, 0.2) is 0 Å². The first-order chi connectivity index (χ1) is 10.8. The van der Waals surface area contributed by atoms with Crippen molar-refractivity contribution in [3.05, 3.63) is 66.3 Å². The summed E-state index contributed by atoms with van der Waals surface area (Å²) in [5.41, 5.74) is 2.40. The molecule has 0 saturated heterocycles. The summed E-state index contributed by atoms with van der Waals surface area (Å²) in [5.74, 6) is 2.07. The normalized spacial score (nSPS) is 11.0.